The van der Waals surface area contributed by atoms with Crippen molar-refractivity contribution in [2.75, 3.05) is 13.1 Å². The van der Waals surface area contributed by atoms with E-state index in [9.17, 15) is 0 Å². The summed E-state index contributed by atoms with van der Waals surface area (Å²) in [4.78, 5) is 0. The van der Waals surface area contributed by atoms with Crippen LogP contribution >= 0.6 is 11.8 Å². The van der Waals surface area contributed by atoms with Gasteiger partial charge in [-0.25, -0.2) is 0 Å². The molecule has 0 aromatic heterocycles. The Hall–Kier alpha value is 0.310. The summed E-state index contributed by atoms with van der Waals surface area (Å²) in [5, 5.41) is 5.06. The molecular weight excluding hydrogens is 202 g/mol. The van der Waals surface area contributed by atoms with Gasteiger partial charge in [-0.05, 0) is 18.9 Å². The second-order valence-corrected chi connectivity index (χ2v) is 6.63. The second kappa shape index (κ2) is 9.53. The topological polar surface area (TPSA) is 12.0 Å². The predicted octanol–water partition coefficient (Wildman–Crippen LogP) is 3.93. The fourth-order valence-electron chi connectivity index (χ4n) is 1.38. The van der Waals surface area contributed by atoms with Crippen LogP contribution in [-0.4, -0.2) is 23.6 Å². The molecule has 0 heterocycles. The number of rotatable bonds is 9. The van der Waals surface area contributed by atoms with E-state index in [1.54, 1.807) is 0 Å². The van der Waals surface area contributed by atoms with E-state index in [1.165, 1.54) is 25.8 Å². The molecule has 2 heteroatoms. The third-order valence-electron chi connectivity index (χ3n) is 2.77. The van der Waals surface area contributed by atoms with Gasteiger partial charge in [0.05, 0.1) is 0 Å². The first-order chi connectivity index (χ1) is 7.07. The maximum atomic E-state index is 3.54. The molecule has 0 aromatic rings. The van der Waals surface area contributed by atoms with Gasteiger partial charge in [0.1, 0.15) is 0 Å². The van der Waals surface area contributed by atoms with Crippen molar-refractivity contribution in [3.63, 3.8) is 0 Å². The van der Waals surface area contributed by atoms with Crippen molar-refractivity contribution in [2.24, 2.45) is 5.92 Å². The Morgan fingerprint density at radius 3 is 2.27 bits per heavy atom. The second-order valence-electron chi connectivity index (χ2n) is 4.81. The average Bonchev–Trinajstić information content (AvgIpc) is 2.17. The van der Waals surface area contributed by atoms with Crippen LogP contribution in [0.1, 0.15) is 53.9 Å². The highest BCUT2D eigenvalue weighted by Crippen LogP contribution is 2.22. The third-order valence-corrected chi connectivity index (χ3v) is 4.38. The Balaban J connectivity index is 3.36. The van der Waals surface area contributed by atoms with Crippen molar-refractivity contribution in [1.29, 1.82) is 0 Å². The number of unbranched alkanes of at least 4 members (excludes halogenated alkanes) is 2. The zero-order valence-corrected chi connectivity index (χ0v) is 12.0. The fraction of sp³-hybridized carbons (Fsp3) is 1.00. The number of hydrogen-bond donors (Lipinski definition) is 1. The summed E-state index contributed by atoms with van der Waals surface area (Å²) in [6.07, 6.45) is 4.00. The SMILES string of the molecule is CCCCCNCC(C)SC(C)C(C)C. The molecule has 2 unspecified atom stereocenters. The van der Waals surface area contributed by atoms with Crippen molar-refractivity contribution in [3.05, 3.63) is 0 Å². The van der Waals surface area contributed by atoms with Crippen LogP contribution < -0.4 is 5.32 Å². The van der Waals surface area contributed by atoms with Crippen LogP contribution in [0.3, 0.4) is 0 Å². The lowest BCUT2D eigenvalue weighted by atomic mass is 10.2. The molecule has 0 spiro atoms. The molecule has 0 radical (unpaired) electrons. The predicted molar refractivity (Wildman–Crippen MR) is 73.7 cm³/mol. The maximum absolute atomic E-state index is 3.54. The smallest absolute Gasteiger partial charge is 0.0146 e. The zero-order chi connectivity index (χ0) is 11.7. The minimum atomic E-state index is 0.740. The highest BCUT2D eigenvalue weighted by atomic mass is 32.2. The Bertz CT molecular complexity index is 136. The molecule has 0 amide bonds. The Morgan fingerprint density at radius 1 is 1.07 bits per heavy atom. The van der Waals surface area contributed by atoms with E-state index in [0.29, 0.717) is 0 Å². The van der Waals surface area contributed by atoms with Crippen LogP contribution in [0.2, 0.25) is 0 Å². The van der Waals surface area contributed by atoms with Gasteiger partial charge in [0.15, 0.2) is 0 Å². The van der Waals surface area contributed by atoms with E-state index in [2.05, 4.69) is 51.7 Å². The van der Waals surface area contributed by atoms with E-state index in [0.717, 1.165) is 23.0 Å². The molecule has 0 fully saturated rings. The van der Waals surface area contributed by atoms with Crippen molar-refractivity contribution < 1.29 is 0 Å². The van der Waals surface area contributed by atoms with E-state index < -0.39 is 0 Å². The van der Waals surface area contributed by atoms with E-state index >= 15 is 0 Å². The minimum absolute atomic E-state index is 0.740. The lowest BCUT2D eigenvalue weighted by Gasteiger charge is -2.20. The van der Waals surface area contributed by atoms with Gasteiger partial charge in [0.2, 0.25) is 0 Å². The summed E-state index contributed by atoms with van der Waals surface area (Å²) in [5.41, 5.74) is 0. The molecule has 0 rings (SSSR count). The van der Waals surface area contributed by atoms with Crippen LogP contribution in [0.25, 0.3) is 0 Å². The number of hydrogen-bond acceptors (Lipinski definition) is 2. The molecule has 0 aliphatic carbocycles. The van der Waals surface area contributed by atoms with Crippen molar-refractivity contribution in [3.8, 4) is 0 Å². The summed E-state index contributed by atoms with van der Waals surface area (Å²) >= 11 is 2.11. The summed E-state index contributed by atoms with van der Waals surface area (Å²) in [5.74, 6) is 0.789. The summed E-state index contributed by atoms with van der Waals surface area (Å²) < 4.78 is 0. The fourth-order valence-corrected chi connectivity index (χ4v) is 2.64. The van der Waals surface area contributed by atoms with E-state index in [-0.39, 0.29) is 0 Å². The lowest BCUT2D eigenvalue weighted by molar-refractivity contribution is 0.608. The van der Waals surface area contributed by atoms with Gasteiger partial charge >= 0.3 is 0 Å². The van der Waals surface area contributed by atoms with Gasteiger partial charge in [-0.1, -0.05) is 47.5 Å². The number of thioether (sulfide) groups is 1. The molecule has 15 heavy (non-hydrogen) atoms. The van der Waals surface area contributed by atoms with Gasteiger partial charge in [-0.2, -0.15) is 11.8 Å². The van der Waals surface area contributed by atoms with E-state index in [4.69, 9.17) is 0 Å². The molecule has 1 N–H and O–H groups in total. The quantitative estimate of drug-likeness (QED) is 0.603. The van der Waals surface area contributed by atoms with Crippen LogP contribution in [-0.2, 0) is 0 Å². The summed E-state index contributed by atoms with van der Waals surface area (Å²) in [7, 11) is 0. The molecular formula is C13H29NS. The Morgan fingerprint density at radius 2 is 1.73 bits per heavy atom. The van der Waals surface area contributed by atoms with Gasteiger partial charge < -0.3 is 5.32 Å². The van der Waals surface area contributed by atoms with Gasteiger partial charge in [0, 0.05) is 17.0 Å². The molecule has 92 valence electrons. The Kier molecular flexibility index (Phi) is 9.73. The maximum Gasteiger partial charge on any atom is 0.0146 e. The highest BCUT2D eigenvalue weighted by Gasteiger charge is 2.11. The van der Waals surface area contributed by atoms with E-state index in [1.807, 2.05) is 0 Å². The van der Waals surface area contributed by atoms with Gasteiger partial charge in [-0.15, -0.1) is 0 Å². The molecule has 0 aliphatic heterocycles. The Labute approximate surface area is 101 Å². The standard InChI is InChI=1S/C13H29NS/c1-6-7-8-9-14-10-12(4)15-13(5)11(2)3/h11-14H,6-10H2,1-5H3. The first-order valence-electron chi connectivity index (χ1n) is 6.44. The van der Waals surface area contributed by atoms with Crippen LogP contribution in [0.4, 0.5) is 0 Å². The molecule has 0 saturated carbocycles. The van der Waals surface area contributed by atoms with Crippen LogP contribution in [0.5, 0.6) is 0 Å². The van der Waals surface area contributed by atoms with Crippen molar-refractivity contribution >= 4 is 11.8 Å². The highest BCUT2D eigenvalue weighted by molar-refractivity contribution is 8.00. The van der Waals surface area contributed by atoms with Gasteiger partial charge in [-0.3, -0.25) is 0 Å². The monoisotopic (exact) mass is 231 g/mol. The number of nitrogens with one attached hydrogen (secondary N) is 1. The molecule has 0 bridgehead atoms. The largest absolute Gasteiger partial charge is 0.316 e. The molecule has 2 atom stereocenters. The minimum Gasteiger partial charge on any atom is -0.316 e. The lowest BCUT2D eigenvalue weighted by Crippen LogP contribution is -2.25. The average molecular weight is 231 g/mol. The van der Waals surface area contributed by atoms with Crippen LogP contribution in [0.15, 0.2) is 0 Å². The normalized spacial score (nSPS) is 15.6. The first kappa shape index (κ1) is 15.3. The molecule has 0 aliphatic rings. The zero-order valence-electron chi connectivity index (χ0n) is 11.2. The summed E-state index contributed by atoms with van der Waals surface area (Å²) in [6.45, 7) is 13.9. The van der Waals surface area contributed by atoms with Crippen molar-refractivity contribution in [1.82, 2.24) is 5.32 Å². The van der Waals surface area contributed by atoms with Crippen molar-refractivity contribution in [2.45, 2.75) is 64.4 Å². The molecule has 1 nitrogen and oxygen atoms in total. The third kappa shape index (κ3) is 9.25. The first-order valence-corrected chi connectivity index (χ1v) is 7.38. The van der Waals surface area contributed by atoms with Gasteiger partial charge in [0.25, 0.3) is 0 Å². The molecule has 0 aromatic carbocycles. The molecule has 0 saturated heterocycles. The summed E-state index contributed by atoms with van der Waals surface area (Å²) in [6, 6.07) is 0. The van der Waals surface area contributed by atoms with Crippen LogP contribution in [0, 0.1) is 5.92 Å².